The number of nitrogens with zero attached hydrogens (tertiary/aromatic N) is 2. The average molecular weight is 374 g/mol. The van der Waals surface area contributed by atoms with Crippen LogP contribution in [-0.4, -0.2) is 51.3 Å². The molecule has 1 saturated heterocycles. The molecule has 0 aliphatic carbocycles. The van der Waals surface area contributed by atoms with Crippen LogP contribution in [0, 0.1) is 11.3 Å². The van der Waals surface area contributed by atoms with E-state index < -0.39 is 0 Å². The Balaban J connectivity index is 1.91. The zero-order valence-electron chi connectivity index (χ0n) is 15.3. The van der Waals surface area contributed by atoms with Crippen LogP contribution in [0.2, 0.25) is 0 Å². The molecule has 0 bridgehead atoms. The van der Waals surface area contributed by atoms with Gasteiger partial charge in [0.05, 0.1) is 11.7 Å². The summed E-state index contributed by atoms with van der Waals surface area (Å²) in [6.45, 7) is 3.49. The summed E-state index contributed by atoms with van der Waals surface area (Å²) in [5, 5.41) is 9.84. The molecule has 0 saturated carbocycles. The highest BCUT2D eigenvalue weighted by Gasteiger charge is 2.33. The third-order valence-electron chi connectivity index (χ3n) is 5.09. The van der Waals surface area contributed by atoms with Gasteiger partial charge in [0.2, 0.25) is 0 Å². The Morgan fingerprint density at radius 3 is 2.89 bits per heavy atom. The number of piperidine rings is 1. The van der Waals surface area contributed by atoms with Gasteiger partial charge in [-0.2, -0.15) is 0 Å². The number of hydrogen-bond donors (Lipinski definition) is 6. The number of hydrogen-bond acceptors (Lipinski definition) is 5. The fraction of sp³-hybridized carbons (Fsp3) is 0.471. The van der Waals surface area contributed by atoms with Gasteiger partial charge in [0.25, 0.3) is 0 Å². The number of nitrogens with two attached hydrogens (primary N) is 2. The van der Waals surface area contributed by atoms with Gasteiger partial charge in [0.1, 0.15) is 11.6 Å². The molecule has 2 unspecified atom stereocenters. The molecule has 0 aromatic carbocycles. The Labute approximate surface area is 156 Å². The Hall–Kier alpha value is -3.17. The standard InChI is InChI=1S/C17H26N8O2/c1-10-4-8-24(16(26)22-6-2-5-18)9-12(10)25-13(15(20)23-17(25)27)11-3-7-21-14(11)19/h3,5,7,10,12,18,21H,2,4,6,8-9,19-20H2,1H3,(H,22,26)(H,23,27). The largest absolute Gasteiger partial charge is 0.385 e. The SMILES string of the molecule is CC1CCN(C(=O)NCCC=N)CC1n1c(-c2cc[nH]c2N)c(N)[nH]c1=O. The summed E-state index contributed by atoms with van der Waals surface area (Å²) in [7, 11) is 0. The van der Waals surface area contributed by atoms with E-state index in [0.29, 0.717) is 43.1 Å². The van der Waals surface area contributed by atoms with Crippen molar-refractivity contribution in [1.29, 1.82) is 5.41 Å². The molecule has 27 heavy (non-hydrogen) atoms. The highest BCUT2D eigenvalue weighted by molar-refractivity contribution is 5.79. The number of aromatic nitrogens is 3. The molecule has 1 aliphatic heterocycles. The molecular weight excluding hydrogens is 348 g/mol. The first-order valence-corrected chi connectivity index (χ1v) is 8.99. The van der Waals surface area contributed by atoms with E-state index in [2.05, 4.69) is 22.2 Å². The average Bonchev–Trinajstić information content (AvgIpc) is 3.17. The second kappa shape index (κ2) is 7.60. The van der Waals surface area contributed by atoms with E-state index in [9.17, 15) is 9.59 Å². The number of rotatable bonds is 5. The topological polar surface area (TPSA) is 162 Å². The van der Waals surface area contributed by atoms with Gasteiger partial charge in [-0.05, 0) is 31.0 Å². The summed E-state index contributed by atoms with van der Waals surface area (Å²) in [5.41, 5.74) is 13.0. The van der Waals surface area contributed by atoms with Crippen LogP contribution in [0.15, 0.2) is 17.1 Å². The number of nitrogen functional groups attached to an aromatic ring is 2. The molecule has 1 fully saturated rings. The van der Waals surface area contributed by atoms with Crippen molar-refractivity contribution < 1.29 is 4.79 Å². The highest BCUT2D eigenvalue weighted by Crippen LogP contribution is 2.35. The van der Waals surface area contributed by atoms with Gasteiger partial charge < -0.3 is 32.1 Å². The summed E-state index contributed by atoms with van der Waals surface area (Å²) in [5.74, 6) is 0.868. The summed E-state index contributed by atoms with van der Waals surface area (Å²) in [6, 6.07) is 1.37. The molecule has 1 aliphatic rings. The maximum atomic E-state index is 12.6. The van der Waals surface area contributed by atoms with Crippen LogP contribution >= 0.6 is 0 Å². The second-order valence-electron chi connectivity index (χ2n) is 6.87. The quantitative estimate of drug-likeness (QED) is 0.340. The molecule has 0 radical (unpaired) electrons. The molecule has 10 heteroatoms. The van der Waals surface area contributed by atoms with Crippen molar-refractivity contribution in [1.82, 2.24) is 24.8 Å². The smallest absolute Gasteiger partial charge is 0.327 e. The van der Waals surface area contributed by atoms with Crippen molar-refractivity contribution in [3.05, 3.63) is 22.7 Å². The maximum Gasteiger partial charge on any atom is 0.327 e. The second-order valence-corrected chi connectivity index (χ2v) is 6.87. The molecule has 2 aromatic heterocycles. The van der Waals surface area contributed by atoms with Crippen molar-refractivity contribution in [2.75, 3.05) is 31.1 Å². The minimum absolute atomic E-state index is 0.183. The first-order valence-electron chi connectivity index (χ1n) is 8.99. The highest BCUT2D eigenvalue weighted by atomic mass is 16.2. The van der Waals surface area contributed by atoms with Crippen LogP contribution < -0.4 is 22.5 Å². The number of carbonyl (C=O) groups excluding carboxylic acids is 1. The Morgan fingerprint density at radius 2 is 2.22 bits per heavy atom. The van der Waals surface area contributed by atoms with E-state index in [1.54, 1.807) is 21.7 Å². The van der Waals surface area contributed by atoms with Crippen molar-refractivity contribution >= 4 is 23.9 Å². The number of carbonyl (C=O) groups is 1. The molecule has 0 spiro atoms. The first-order chi connectivity index (χ1) is 12.9. The van der Waals surface area contributed by atoms with E-state index in [1.165, 1.54) is 6.21 Å². The number of amides is 2. The van der Waals surface area contributed by atoms with Crippen LogP contribution in [0.25, 0.3) is 11.3 Å². The van der Waals surface area contributed by atoms with Gasteiger partial charge in [0.15, 0.2) is 0 Å². The molecule has 10 nitrogen and oxygen atoms in total. The van der Waals surface area contributed by atoms with Crippen molar-refractivity contribution in [2.45, 2.75) is 25.8 Å². The predicted molar refractivity (Wildman–Crippen MR) is 105 cm³/mol. The number of likely N-dealkylation sites (tertiary alicyclic amines) is 1. The van der Waals surface area contributed by atoms with Crippen molar-refractivity contribution in [2.24, 2.45) is 5.92 Å². The zero-order chi connectivity index (χ0) is 19.6. The van der Waals surface area contributed by atoms with Crippen LogP contribution in [-0.2, 0) is 0 Å². The van der Waals surface area contributed by atoms with Crippen LogP contribution in [0.3, 0.4) is 0 Å². The predicted octanol–water partition coefficient (Wildman–Crippen LogP) is 0.968. The number of anilines is 2. The lowest BCUT2D eigenvalue weighted by Gasteiger charge is -2.38. The van der Waals surface area contributed by atoms with E-state index >= 15 is 0 Å². The van der Waals surface area contributed by atoms with E-state index in [0.717, 1.165) is 6.42 Å². The molecule has 146 valence electrons. The van der Waals surface area contributed by atoms with E-state index in [-0.39, 0.29) is 29.5 Å². The number of H-pyrrole nitrogens is 2. The first kappa shape index (κ1) is 18.6. The molecule has 2 amide bonds. The van der Waals surface area contributed by atoms with Gasteiger partial charge in [-0.1, -0.05) is 6.92 Å². The van der Waals surface area contributed by atoms with Gasteiger partial charge in [-0.3, -0.25) is 9.55 Å². The lowest BCUT2D eigenvalue weighted by atomic mass is 9.93. The molecule has 2 atom stereocenters. The van der Waals surface area contributed by atoms with E-state index in [1.807, 2.05) is 0 Å². The Morgan fingerprint density at radius 1 is 1.44 bits per heavy atom. The fourth-order valence-corrected chi connectivity index (χ4v) is 3.58. The molecule has 2 aromatic rings. The normalized spacial score (nSPS) is 19.8. The maximum absolute atomic E-state index is 12.6. The third-order valence-corrected chi connectivity index (χ3v) is 5.09. The minimum Gasteiger partial charge on any atom is -0.385 e. The lowest BCUT2D eigenvalue weighted by molar-refractivity contribution is 0.139. The minimum atomic E-state index is -0.314. The summed E-state index contributed by atoms with van der Waals surface area (Å²) < 4.78 is 1.62. The van der Waals surface area contributed by atoms with Crippen LogP contribution in [0.5, 0.6) is 0 Å². The zero-order valence-corrected chi connectivity index (χ0v) is 15.3. The summed E-state index contributed by atoms with van der Waals surface area (Å²) in [4.78, 5) is 32.3. The molecule has 3 heterocycles. The summed E-state index contributed by atoms with van der Waals surface area (Å²) in [6.07, 6.45) is 4.21. The van der Waals surface area contributed by atoms with Crippen LogP contribution in [0.1, 0.15) is 25.8 Å². The van der Waals surface area contributed by atoms with Crippen molar-refractivity contribution in [3.8, 4) is 11.3 Å². The number of nitrogens with one attached hydrogen (secondary N) is 4. The summed E-state index contributed by atoms with van der Waals surface area (Å²) >= 11 is 0. The monoisotopic (exact) mass is 374 g/mol. The molecule has 8 N–H and O–H groups in total. The van der Waals surface area contributed by atoms with Gasteiger partial charge in [-0.25, -0.2) is 9.59 Å². The lowest BCUT2D eigenvalue weighted by Crippen LogP contribution is -2.49. The number of aromatic amines is 2. The van der Waals surface area contributed by atoms with Crippen molar-refractivity contribution in [3.63, 3.8) is 0 Å². The van der Waals surface area contributed by atoms with Gasteiger partial charge >= 0.3 is 11.7 Å². The number of imidazole rings is 1. The fourth-order valence-electron chi connectivity index (χ4n) is 3.58. The molecular formula is C17H26N8O2. The Kier molecular flexibility index (Phi) is 5.24. The van der Waals surface area contributed by atoms with Gasteiger partial charge in [0, 0.05) is 31.4 Å². The Bertz CT molecular complexity index is 880. The number of urea groups is 1. The third kappa shape index (κ3) is 3.55. The van der Waals surface area contributed by atoms with E-state index in [4.69, 9.17) is 16.9 Å². The van der Waals surface area contributed by atoms with Crippen LogP contribution in [0.4, 0.5) is 16.4 Å². The molecule has 3 rings (SSSR count). The van der Waals surface area contributed by atoms with Gasteiger partial charge in [-0.15, -0.1) is 0 Å².